The maximum Gasteiger partial charge on any atom is 0.0819 e. The second kappa shape index (κ2) is 5.12. The highest BCUT2D eigenvalue weighted by atomic mass is 35.5. The Morgan fingerprint density at radius 3 is 2.61 bits per heavy atom. The molecule has 2 aromatic rings. The Kier molecular flexibility index (Phi) is 3.73. The van der Waals surface area contributed by atoms with E-state index in [0.717, 1.165) is 17.8 Å². The van der Waals surface area contributed by atoms with Crippen molar-refractivity contribution in [3.8, 4) is 5.69 Å². The molecular weight excluding hydrogens is 246 g/mol. The Bertz CT molecular complexity index is 539. The molecule has 1 atom stereocenters. The van der Waals surface area contributed by atoms with Gasteiger partial charge in [0, 0.05) is 12.2 Å². The van der Waals surface area contributed by atoms with Crippen LogP contribution in [-0.2, 0) is 6.42 Å². The molecule has 1 heterocycles. The van der Waals surface area contributed by atoms with Crippen LogP contribution in [0, 0.1) is 13.8 Å². The molecular formula is C14H18ClN3. The van der Waals surface area contributed by atoms with E-state index in [1.165, 1.54) is 11.1 Å². The molecule has 2 rings (SSSR count). The van der Waals surface area contributed by atoms with Crippen LogP contribution in [0.2, 0.25) is 5.02 Å². The SMILES string of the molecule is Cc1cc(-n2cc(Cl)c(C)n2)ccc1CC(C)N. The largest absolute Gasteiger partial charge is 0.328 e. The topological polar surface area (TPSA) is 43.8 Å². The van der Waals surface area contributed by atoms with Gasteiger partial charge >= 0.3 is 0 Å². The van der Waals surface area contributed by atoms with Gasteiger partial charge in [-0.25, -0.2) is 4.68 Å². The van der Waals surface area contributed by atoms with Gasteiger partial charge in [0.15, 0.2) is 0 Å². The van der Waals surface area contributed by atoms with Crippen LogP contribution in [0.4, 0.5) is 0 Å². The summed E-state index contributed by atoms with van der Waals surface area (Å²) in [5, 5.41) is 5.06. The Hall–Kier alpha value is -1.32. The molecule has 3 nitrogen and oxygen atoms in total. The van der Waals surface area contributed by atoms with E-state index in [4.69, 9.17) is 17.3 Å². The van der Waals surface area contributed by atoms with Gasteiger partial charge in [-0.3, -0.25) is 0 Å². The summed E-state index contributed by atoms with van der Waals surface area (Å²) >= 11 is 6.02. The summed E-state index contributed by atoms with van der Waals surface area (Å²) in [6, 6.07) is 6.45. The van der Waals surface area contributed by atoms with Gasteiger partial charge in [0.05, 0.1) is 16.4 Å². The van der Waals surface area contributed by atoms with Crippen molar-refractivity contribution in [1.29, 1.82) is 0 Å². The predicted octanol–water partition coefficient (Wildman–Crippen LogP) is 3.03. The summed E-state index contributed by atoms with van der Waals surface area (Å²) in [5.41, 5.74) is 10.2. The molecule has 0 bridgehead atoms. The first-order valence-corrected chi connectivity index (χ1v) is 6.42. The van der Waals surface area contributed by atoms with E-state index in [0.29, 0.717) is 5.02 Å². The van der Waals surface area contributed by atoms with Crippen LogP contribution < -0.4 is 5.73 Å². The highest BCUT2D eigenvalue weighted by molar-refractivity contribution is 6.31. The van der Waals surface area contributed by atoms with Gasteiger partial charge in [0.2, 0.25) is 0 Å². The number of hydrogen-bond donors (Lipinski definition) is 1. The fraction of sp³-hybridized carbons (Fsp3) is 0.357. The number of aromatic nitrogens is 2. The van der Waals surface area contributed by atoms with Crippen LogP contribution >= 0.6 is 11.6 Å². The molecule has 1 unspecified atom stereocenters. The lowest BCUT2D eigenvalue weighted by Crippen LogP contribution is -2.18. The van der Waals surface area contributed by atoms with E-state index in [-0.39, 0.29) is 6.04 Å². The lowest BCUT2D eigenvalue weighted by Gasteiger charge is -2.10. The van der Waals surface area contributed by atoms with Crippen molar-refractivity contribution in [2.45, 2.75) is 33.2 Å². The molecule has 1 aromatic carbocycles. The van der Waals surface area contributed by atoms with Crippen molar-refractivity contribution in [1.82, 2.24) is 9.78 Å². The molecule has 2 N–H and O–H groups in total. The van der Waals surface area contributed by atoms with Gasteiger partial charge in [-0.1, -0.05) is 17.7 Å². The van der Waals surface area contributed by atoms with E-state index < -0.39 is 0 Å². The van der Waals surface area contributed by atoms with Gasteiger partial charge in [-0.2, -0.15) is 5.10 Å². The van der Waals surface area contributed by atoms with E-state index in [2.05, 4.69) is 24.2 Å². The molecule has 0 radical (unpaired) electrons. The quantitative estimate of drug-likeness (QED) is 0.925. The summed E-state index contributed by atoms with van der Waals surface area (Å²) in [6.07, 6.45) is 2.72. The standard InChI is InChI=1S/C14H18ClN3/c1-9-6-13(5-4-12(9)7-10(2)16)18-8-14(15)11(3)17-18/h4-6,8,10H,7,16H2,1-3H3. The Balaban J connectivity index is 2.33. The van der Waals surface area contributed by atoms with Gasteiger partial charge in [-0.15, -0.1) is 0 Å². The van der Waals surface area contributed by atoms with Crippen LogP contribution in [-0.4, -0.2) is 15.8 Å². The van der Waals surface area contributed by atoms with Crippen molar-refractivity contribution >= 4 is 11.6 Å². The summed E-state index contributed by atoms with van der Waals surface area (Å²) in [5.74, 6) is 0. The van der Waals surface area contributed by atoms with Crippen molar-refractivity contribution in [3.63, 3.8) is 0 Å². The lowest BCUT2D eigenvalue weighted by atomic mass is 10.0. The van der Waals surface area contributed by atoms with Gasteiger partial charge in [0.1, 0.15) is 0 Å². The second-order valence-corrected chi connectivity index (χ2v) is 5.21. The number of hydrogen-bond acceptors (Lipinski definition) is 2. The zero-order valence-electron chi connectivity index (χ0n) is 10.9. The summed E-state index contributed by atoms with van der Waals surface area (Å²) in [4.78, 5) is 0. The zero-order chi connectivity index (χ0) is 13.3. The van der Waals surface area contributed by atoms with Crippen molar-refractivity contribution in [2.75, 3.05) is 0 Å². The number of aryl methyl sites for hydroxylation is 2. The summed E-state index contributed by atoms with van der Waals surface area (Å²) < 4.78 is 1.81. The average Bonchev–Trinajstić information content (AvgIpc) is 2.62. The number of halogens is 1. The molecule has 0 aliphatic heterocycles. The minimum atomic E-state index is 0.177. The fourth-order valence-corrected chi connectivity index (χ4v) is 2.10. The Morgan fingerprint density at radius 2 is 2.11 bits per heavy atom. The highest BCUT2D eigenvalue weighted by Crippen LogP contribution is 2.19. The van der Waals surface area contributed by atoms with Crippen LogP contribution in [0.15, 0.2) is 24.4 Å². The second-order valence-electron chi connectivity index (χ2n) is 4.80. The molecule has 0 aliphatic carbocycles. The first-order chi connectivity index (χ1) is 8.47. The average molecular weight is 264 g/mol. The molecule has 4 heteroatoms. The Morgan fingerprint density at radius 1 is 1.39 bits per heavy atom. The molecule has 0 aliphatic rings. The monoisotopic (exact) mass is 263 g/mol. The first kappa shape index (κ1) is 13.1. The fourth-order valence-electron chi connectivity index (χ4n) is 1.97. The molecule has 0 saturated carbocycles. The van der Waals surface area contributed by atoms with E-state index in [1.807, 2.05) is 26.1 Å². The van der Waals surface area contributed by atoms with E-state index in [1.54, 1.807) is 4.68 Å². The predicted molar refractivity (Wildman–Crippen MR) is 75.4 cm³/mol. The minimum Gasteiger partial charge on any atom is -0.328 e. The normalized spacial score (nSPS) is 12.7. The maximum absolute atomic E-state index is 6.02. The molecule has 18 heavy (non-hydrogen) atoms. The van der Waals surface area contributed by atoms with E-state index >= 15 is 0 Å². The molecule has 96 valence electrons. The van der Waals surface area contributed by atoms with Crippen LogP contribution in [0.1, 0.15) is 23.7 Å². The maximum atomic E-state index is 6.02. The third kappa shape index (κ3) is 2.74. The Labute approximate surface area is 113 Å². The van der Waals surface area contributed by atoms with Gasteiger partial charge < -0.3 is 5.73 Å². The smallest absolute Gasteiger partial charge is 0.0819 e. The van der Waals surface area contributed by atoms with Crippen molar-refractivity contribution in [2.24, 2.45) is 5.73 Å². The number of benzene rings is 1. The highest BCUT2D eigenvalue weighted by Gasteiger charge is 2.07. The third-order valence-corrected chi connectivity index (χ3v) is 3.34. The van der Waals surface area contributed by atoms with Gasteiger partial charge in [-0.05, 0) is 50.5 Å². The summed E-state index contributed by atoms with van der Waals surface area (Å²) in [6.45, 7) is 6.01. The van der Waals surface area contributed by atoms with E-state index in [9.17, 15) is 0 Å². The molecule has 0 saturated heterocycles. The summed E-state index contributed by atoms with van der Waals surface area (Å²) in [7, 11) is 0. The zero-order valence-corrected chi connectivity index (χ0v) is 11.7. The van der Waals surface area contributed by atoms with Crippen molar-refractivity contribution < 1.29 is 0 Å². The number of nitrogens with two attached hydrogens (primary N) is 1. The molecule has 0 spiro atoms. The number of nitrogens with zero attached hydrogens (tertiary/aromatic N) is 2. The van der Waals surface area contributed by atoms with Crippen molar-refractivity contribution in [3.05, 3.63) is 46.2 Å². The lowest BCUT2D eigenvalue weighted by molar-refractivity contribution is 0.734. The number of rotatable bonds is 3. The minimum absolute atomic E-state index is 0.177. The molecule has 1 aromatic heterocycles. The van der Waals surface area contributed by atoms with Crippen LogP contribution in [0.3, 0.4) is 0 Å². The van der Waals surface area contributed by atoms with Crippen LogP contribution in [0.5, 0.6) is 0 Å². The molecule has 0 amide bonds. The van der Waals surface area contributed by atoms with Crippen LogP contribution in [0.25, 0.3) is 5.69 Å². The third-order valence-electron chi connectivity index (χ3n) is 2.97. The first-order valence-electron chi connectivity index (χ1n) is 6.04. The van der Waals surface area contributed by atoms with Gasteiger partial charge in [0.25, 0.3) is 0 Å². The molecule has 0 fully saturated rings.